The Balaban J connectivity index is 0.000000120. The number of hydrogen-bond acceptors (Lipinski definition) is 20. The van der Waals surface area contributed by atoms with Crippen molar-refractivity contribution in [2.45, 2.75) is 121 Å². The highest BCUT2D eigenvalue weighted by molar-refractivity contribution is 6.30. The largest absolute Gasteiger partial charge is 0.472 e. The maximum absolute atomic E-state index is 12.6. The zero-order chi connectivity index (χ0) is 96.1. The van der Waals surface area contributed by atoms with Crippen LogP contribution in [0.2, 0.25) is 5.02 Å². The summed E-state index contributed by atoms with van der Waals surface area (Å²) >= 11 is 5.94. The van der Waals surface area contributed by atoms with Gasteiger partial charge >= 0.3 is 0 Å². The standard InChI is InChI=1S/C24H23N3O3.C24H27N3O.C23H24ClN3O2.2C21H21N3O2/c1-16-2-4-20-12-17(14-25-24(20)26-16)3-7-23(28)27-10-8-18(9-11-27)19-5-6-21-22(13-19)30-15-29-21;1-18-7-9-22-16-21(17-25-24(22)26-18)8-10-23(28)27-13-11-20(12-14-27)15-19-5-3-2-4-6-19;1-16-2-4-18-14-17(15-25-22(18)26-16)3-9-21(28)27-12-10-23(29,11-13-27)19-5-7-20(24)8-6-19;1-15-2-4-18-12-16(13-22-21(18)23-15)3-5-20(25)24-9-6-17(7-10-24)19-8-11-26-14-19;1-15-4-6-18-13-16(14-22-21(18)23-15)5-7-20(25)24-10-8-17(9-11-24)19-3-2-12-26-19/h3,5-8,12-14H,1-2,4,9-11,15H2,(H,25,26);2-6,8,10,16-17,20H,1,7,9,11-15H2,(H,25,26);3,5-9,14-15,29H,1-2,4,10-13H2,(H,25,26);3,5-6,8,11-14H,1-2,4,7,9-10H2,(H,22,23);2-3,5,7-8,12-14H,1,4,6,9-11H2,(H,22,23)/b7-3+;10-8+;9-3+;5-3+;7-5+. The Morgan fingerprint density at radius 2 is 0.791 bits per heavy atom. The van der Waals surface area contributed by atoms with Crippen LogP contribution in [-0.4, -0.2) is 156 Å². The van der Waals surface area contributed by atoms with Crippen LogP contribution in [0.4, 0.5) is 29.1 Å². The van der Waals surface area contributed by atoms with Crippen LogP contribution in [0.25, 0.3) is 47.1 Å². The number of hydrogen-bond donors (Lipinski definition) is 6. The van der Waals surface area contributed by atoms with Crippen molar-refractivity contribution in [2.24, 2.45) is 5.92 Å². The maximum atomic E-state index is 12.6. The molecule has 0 bridgehead atoms. The number of piperidine rings is 2. The molecule has 0 radical (unpaired) electrons. The normalized spacial score (nSPS) is 17.5. The lowest BCUT2D eigenvalue weighted by molar-refractivity contribution is -0.130. The molecular weight excluding hydrogens is 1760 g/mol. The highest BCUT2D eigenvalue weighted by atomic mass is 35.5. The van der Waals surface area contributed by atoms with Crippen LogP contribution in [0.3, 0.4) is 0 Å². The third kappa shape index (κ3) is 25.6. The summed E-state index contributed by atoms with van der Waals surface area (Å²) in [5.41, 5.74) is 22.7. The number of rotatable bonds is 16. The molecule has 25 nitrogen and oxygen atoms in total. The van der Waals surface area contributed by atoms with Gasteiger partial charge in [0.05, 0.1) is 24.4 Å². The van der Waals surface area contributed by atoms with Crippen LogP contribution in [0.15, 0.2) is 290 Å². The van der Waals surface area contributed by atoms with E-state index < -0.39 is 5.60 Å². The zero-order valence-electron chi connectivity index (χ0n) is 78.3. The molecule has 10 aromatic rings. The number of nitrogens with zero attached hydrogens (tertiary/aromatic N) is 10. The molecule has 11 aliphatic heterocycles. The van der Waals surface area contributed by atoms with E-state index in [1.54, 1.807) is 103 Å². The predicted molar refractivity (Wildman–Crippen MR) is 550 cm³/mol. The van der Waals surface area contributed by atoms with Gasteiger partial charge < -0.3 is 74.5 Å². The Morgan fingerprint density at radius 1 is 0.403 bits per heavy atom. The van der Waals surface area contributed by atoms with Crippen LogP contribution < -0.4 is 36.1 Å². The summed E-state index contributed by atoms with van der Waals surface area (Å²) in [5.74, 6) is 7.59. The fourth-order valence-corrected chi connectivity index (χ4v) is 18.5. The van der Waals surface area contributed by atoms with E-state index in [4.69, 9.17) is 29.9 Å². The van der Waals surface area contributed by atoms with Crippen molar-refractivity contribution in [3.8, 4) is 11.5 Å². The molecule has 3 aromatic carbocycles. The minimum Gasteiger partial charge on any atom is -0.472 e. The number of carbonyl (C=O) groups is 5. The Bertz CT molecular complexity index is 6380. The summed E-state index contributed by atoms with van der Waals surface area (Å²) in [6, 6.07) is 40.1. The zero-order valence-corrected chi connectivity index (χ0v) is 79.0. The average molecular weight is 1880 g/mol. The van der Waals surface area contributed by atoms with Gasteiger partial charge in [-0.3, -0.25) is 24.0 Å². The monoisotopic (exact) mass is 1880 g/mol. The molecule has 0 saturated carbocycles. The van der Waals surface area contributed by atoms with Crippen LogP contribution >= 0.6 is 11.6 Å². The number of aliphatic hydroxyl groups is 1. The van der Waals surface area contributed by atoms with Gasteiger partial charge in [-0.2, -0.15) is 0 Å². The topological polar surface area (TPSA) is 291 Å². The molecular formula is C113H116ClN15O10. The third-order valence-electron chi connectivity index (χ3n) is 26.6. The number of likely N-dealkylation sites (tertiary alicyclic amines) is 2. The summed E-state index contributed by atoms with van der Waals surface area (Å²) in [7, 11) is 0. The lowest BCUT2D eigenvalue weighted by Crippen LogP contribution is -2.44. The molecule has 2 fully saturated rings. The number of ether oxygens (including phenoxy) is 2. The lowest BCUT2D eigenvalue weighted by Gasteiger charge is -2.38. The van der Waals surface area contributed by atoms with E-state index >= 15 is 0 Å². The number of benzene rings is 3. The van der Waals surface area contributed by atoms with Gasteiger partial charge in [0.25, 0.3) is 0 Å². The van der Waals surface area contributed by atoms with Crippen LogP contribution in [-0.2, 0) is 68.1 Å². The number of halogens is 1. The van der Waals surface area contributed by atoms with Crippen molar-refractivity contribution in [3.63, 3.8) is 0 Å². The minimum atomic E-state index is -0.912. The van der Waals surface area contributed by atoms with Gasteiger partial charge in [-0.1, -0.05) is 111 Å². The van der Waals surface area contributed by atoms with Gasteiger partial charge in [0.1, 0.15) is 34.8 Å². The van der Waals surface area contributed by atoms with Crippen molar-refractivity contribution in [1.29, 1.82) is 0 Å². The highest BCUT2D eigenvalue weighted by Crippen LogP contribution is 2.39. The molecule has 710 valence electrons. The first-order valence-electron chi connectivity index (χ1n) is 47.7. The SMILES string of the molecule is C=C1CCc2cc(/C=C/C(=O)N3CC=C(c4ccc5c(c4)OCO5)CC3)cnc2N1.C=C1CCc2cc(/C=C/C(=O)N3CC=C(c4ccco4)CC3)cnc2N1.C=C1CCc2cc(/C=C/C(=O)N3CC=C(c4ccoc4)CC3)cnc2N1.C=C1CCc2cc(/C=C/C(=O)N3CCC(Cc4ccccc4)CC3)cnc2N1.C=C1CCc2cc(/C=C/C(=O)N3CCC(O)(c4ccc(Cl)cc4)CC3)cnc2N1. The molecule has 26 heteroatoms. The number of furan rings is 2. The van der Waals surface area contributed by atoms with Crippen LogP contribution in [0.5, 0.6) is 11.5 Å². The Labute approximate surface area is 816 Å². The Morgan fingerprint density at radius 3 is 1.17 bits per heavy atom. The van der Waals surface area contributed by atoms with Crippen LogP contribution in [0.1, 0.15) is 161 Å². The molecule has 0 aliphatic carbocycles. The number of pyridine rings is 5. The highest BCUT2D eigenvalue weighted by Gasteiger charge is 2.36. The molecule has 5 amide bonds. The molecule has 21 rings (SSSR count). The number of amides is 5. The van der Waals surface area contributed by atoms with Crippen molar-refractivity contribution in [1.82, 2.24) is 49.4 Å². The van der Waals surface area contributed by atoms with Gasteiger partial charge in [0.15, 0.2) is 11.5 Å². The maximum Gasteiger partial charge on any atom is 0.246 e. The fourth-order valence-electron chi connectivity index (χ4n) is 18.4. The lowest BCUT2D eigenvalue weighted by atomic mass is 9.84. The van der Waals surface area contributed by atoms with E-state index in [1.807, 2.05) is 92.4 Å². The quantitative estimate of drug-likeness (QED) is 0.0490. The molecule has 18 heterocycles. The smallest absolute Gasteiger partial charge is 0.246 e. The van der Waals surface area contributed by atoms with Crippen molar-refractivity contribution < 1.29 is 47.4 Å². The average Bonchev–Trinajstić information content (AvgIpc) is 1.26. The van der Waals surface area contributed by atoms with Gasteiger partial charge in [0.2, 0.25) is 36.3 Å². The predicted octanol–water partition coefficient (Wildman–Crippen LogP) is 20.3. The fraction of sp³-hybridized carbons (Fsp3) is 0.274. The van der Waals surface area contributed by atoms with E-state index in [1.165, 1.54) is 22.3 Å². The van der Waals surface area contributed by atoms with Crippen molar-refractivity contribution in [2.75, 3.05) is 98.8 Å². The number of aromatic nitrogens is 5. The van der Waals surface area contributed by atoms with Gasteiger partial charge in [-0.25, -0.2) is 24.9 Å². The molecule has 0 spiro atoms. The molecule has 0 atom stereocenters. The number of nitrogens with one attached hydrogen (secondary N) is 5. The molecule has 139 heavy (non-hydrogen) atoms. The summed E-state index contributed by atoms with van der Waals surface area (Å²) in [5, 5.41) is 27.6. The third-order valence-corrected chi connectivity index (χ3v) is 26.9. The van der Waals surface area contributed by atoms with Gasteiger partial charge in [-0.05, 0) is 314 Å². The number of fused-ring (bicyclic) bond motifs is 6. The summed E-state index contributed by atoms with van der Waals surface area (Å²) in [6.07, 6.45) is 53.6. The minimum absolute atomic E-state index is 0.0141. The number of allylic oxidation sites excluding steroid dienone is 5. The van der Waals surface area contributed by atoms with Crippen molar-refractivity contribution in [3.05, 3.63) is 370 Å². The first-order valence-corrected chi connectivity index (χ1v) is 48.1. The molecule has 2 saturated heterocycles. The number of anilines is 5. The van der Waals surface area contributed by atoms with E-state index in [0.717, 1.165) is 263 Å². The summed E-state index contributed by atoms with van der Waals surface area (Å²) in [4.78, 5) is 94.1. The van der Waals surface area contributed by atoms with Crippen molar-refractivity contribution >= 4 is 117 Å². The van der Waals surface area contributed by atoms with E-state index in [0.29, 0.717) is 76.1 Å². The van der Waals surface area contributed by atoms with Gasteiger partial charge in [-0.15, -0.1) is 0 Å². The van der Waals surface area contributed by atoms with E-state index in [-0.39, 0.29) is 36.3 Å². The van der Waals surface area contributed by atoms with E-state index in [2.05, 4.69) is 163 Å². The number of carbonyl (C=O) groups excluding carboxylic acids is 5. The molecule has 11 aliphatic rings. The Hall–Kier alpha value is -15.2. The molecule has 7 aromatic heterocycles. The first kappa shape index (κ1) is 95.5. The second kappa shape index (κ2) is 45.2. The second-order valence-corrected chi connectivity index (χ2v) is 36.8. The summed E-state index contributed by atoms with van der Waals surface area (Å²) < 4.78 is 21.4. The number of aryl methyl sites for hydroxylation is 5. The Kier molecular flexibility index (Phi) is 31.0. The summed E-state index contributed by atoms with van der Waals surface area (Å²) in [6.45, 7) is 26.7. The molecule has 0 unspecified atom stereocenters. The first-order chi connectivity index (χ1) is 67.6. The second-order valence-electron chi connectivity index (χ2n) is 36.4. The van der Waals surface area contributed by atoms with Gasteiger partial charge in [0, 0.05) is 166 Å². The van der Waals surface area contributed by atoms with Crippen LogP contribution in [0, 0.1) is 5.92 Å². The molecule has 6 N–H and O–H groups in total. The van der Waals surface area contributed by atoms with E-state index in [9.17, 15) is 29.1 Å².